The van der Waals surface area contributed by atoms with Crippen LogP contribution < -0.4 is 10.2 Å². The molecule has 2 aromatic rings. The summed E-state index contributed by atoms with van der Waals surface area (Å²) in [5.41, 5.74) is 3.22. The maximum atomic E-state index is 12.9. The van der Waals surface area contributed by atoms with Gasteiger partial charge in [-0.1, -0.05) is 49.4 Å². The molecule has 1 aliphatic heterocycles. The quantitative estimate of drug-likeness (QED) is 0.570. The minimum absolute atomic E-state index is 0.0620. The Bertz CT molecular complexity index is 822. The maximum absolute atomic E-state index is 12.9. The van der Waals surface area contributed by atoms with Crippen molar-refractivity contribution in [2.24, 2.45) is 5.41 Å². The van der Waals surface area contributed by atoms with Crippen molar-refractivity contribution in [3.63, 3.8) is 0 Å². The van der Waals surface area contributed by atoms with Gasteiger partial charge in [-0.2, -0.15) is 0 Å². The molecule has 1 aliphatic rings. The lowest BCUT2D eigenvalue weighted by molar-refractivity contribution is -0.144. The van der Waals surface area contributed by atoms with Crippen molar-refractivity contribution in [3.05, 3.63) is 65.7 Å². The highest BCUT2D eigenvalue weighted by atomic mass is 16.5. The SMILES string of the molecule is CC(C(=O)NO)N1CCC(C)(Cc2ccc(OCc3ccccc3)cc2)C1=O. The van der Waals surface area contributed by atoms with Crippen LogP contribution in [0.2, 0.25) is 0 Å². The molecule has 6 nitrogen and oxygen atoms in total. The summed E-state index contributed by atoms with van der Waals surface area (Å²) >= 11 is 0. The van der Waals surface area contributed by atoms with Gasteiger partial charge in [0, 0.05) is 6.54 Å². The minimum atomic E-state index is -0.687. The third-order valence-corrected chi connectivity index (χ3v) is 5.40. The zero-order valence-corrected chi connectivity index (χ0v) is 16.2. The Morgan fingerprint density at radius 2 is 1.86 bits per heavy atom. The molecule has 1 saturated heterocycles. The molecule has 2 amide bonds. The third-order valence-electron chi connectivity index (χ3n) is 5.40. The van der Waals surface area contributed by atoms with Gasteiger partial charge in [-0.3, -0.25) is 14.8 Å². The fraction of sp³-hybridized carbons (Fsp3) is 0.364. The number of carbonyl (C=O) groups is 2. The lowest BCUT2D eigenvalue weighted by Gasteiger charge is -2.26. The van der Waals surface area contributed by atoms with E-state index in [-0.39, 0.29) is 5.91 Å². The van der Waals surface area contributed by atoms with Crippen LogP contribution in [0.5, 0.6) is 5.75 Å². The summed E-state index contributed by atoms with van der Waals surface area (Å²) < 4.78 is 5.81. The van der Waals surface area contributed by atoms with Gasteiger partial charge in [0.15, 0.2) is 0 Å². The van der Waals surface area contributed by atoms with Gasteiger partial charge in [-0.15, -0.1) is 0 Å². The first kappa shape index (κ1) is 19.9. The summed E-state index contributed by atoms with van der Waals surface area (Å²) in [6, 6.07) is 17.1. The van der Waals surface area contributed by atoms with Crippen LogP contribution in [0.4, 0.5) is 0 Å². The average molecular weight is 382 g/mol. The van der Waals surface area contributed by atoms with Crippen LogP contribution in [0.3, 0.4) is 0 Å². The van der Waals surface area contributed by atoms with Crippen LogP contribution in [0.25, 0.3) is 0 Å². The number of rotatable bonds is 7. The molecule has 0 aliphatic carbocycles. The highest BCUT2D eigenvalue weighted by Crippen LogP contribution is 2.36. The average Bonchev–Trinajstić information content (AvgIpc) is 3.01. The number of hydrogen-bond acceptors (Lipinski definition) is 4. The molecule has 0 spiro atoms. The van der Waals surface area contributed by atoms with Crippen molar-refractivity contribution in [2.45, 2.75) is 39.3 Å². The van der Waals surface area contributed by atoms with Crippen molar-refractivity contribution >= 4 is 11.8 Å². The van der Waals surface area contributed by atoms with Crippen molar-refractivity contribution in [3.8, 4) is 5.75 Å². The van der Waals surface area contributed by atoms with E-state index in [1.54, 1.807) is 12.4 Å². The fourth-order valence-electron chi connectivity index (χ4n) is 3.59. The van der Waals surface area contributed by atoms with Crippen LogP contribution in [-0.4, -0.2) is 34.5 Å². The molecule has 28 heavy (non-hydrogen) atoms. The number of hydrogen-bond donors (Lipinski definition) is 2. The molecule has 2 N–H and O–H groups in total. The molecular formula is C22H26N2O4. The Labute approximate surface area is 165 Å². The summed E-state index contributed by atoms with van der Waals surface area (Å²) in [7, 11) is 0. The van der Waals surface area contributed by atoms with Crippen LogP contribution in [0.15, 0.2) is 54.6 Å². The first-order valence-electron chi connectivity index (χ1n) is 9.43. The Hall–Kier alpha value is -2.86. The second-order valence-corrected chi connectivity index (χ2v) is 7.56. The number of carbonyl (C=O) groups excluding carboxylic acids is 2. The lowest BCUT2D eigenvalue weighted by Crippen LogP contribution is -2.47. The van der Waals surface area contributed by atoms with Gasteiger partial charge < -0.3 is 9.64 Å². The van der Waals surface area contributed by atoms with Gasteiger partial charge in [0.1, 0.15) is 18.4 Å². The summed E-state index contributed by atoms with van der Waals surface area (Å²) in [4.78, 5) is 26.0. The number of ether oxygens (including phenoxy) is 1. The van der Waals surface area contributed by atoms with Crippen LogP contribution >= 0.6 is 0 Å². The third kappa shape index (κ3) is 4.34. The topological polar surface area (TPSA) is 78.9 Å². The van der Waals surface area contributed by atoms with E-state index in [4.69, 9.17) is 9.94 Å². The van der Waals surface area contributed by atoms with E-state index in [1.165, 1.54) is 4.90 Å². The normalized spacial score (nSPS) is 20.1. The van der Waals surface area contributed by atoms with Crippen molar-refractivity contribution < 1.29 is 19.5 Å². The standard InChI is InChI=1S/C22H26N2O4/c1-16(20(25)23-27)24-13-12-22(2,21(24)26)14-17-8-10-19(11-9-17)28-15-18-6-4-3-5-7-18/h3-11,16,27H,12-15H2,1-2H3,(H,23,25). The summed E-state index contributed by atoms with van der Waals surface area (Å²) in [6.07, 6.45) is 1.26. The van der Waals surface area contributed by atoms with Gasteiger partial charge in [0.2, 0.25) is 5.91 Å². The Morgan fingerprint density at radius 1 is 1.18 bits per heavy atom. The maximum Gasteiger partial charge on any atom is 0.265 e. The predicted molar refractivity (Wildman–Crippen MR) is 105 cm³/mol. The molecular weight excluding hydrogens is 356 g/mol. The number of likely N-dealkylation sites (tertiary alicyclic amines) is 1. The molecule has 2 atom stereocenters. The number of benzene rings is 2. The molecule has 0 radical (unpaired) electrons. The van der Waals surface area contributed by atoms with E-state index < -0.39 is 17.4 Å². The molecule has 148 valence electrons. The van der Waals surface area contributed by atoms with Gasteiger partial charge >= 0.3 is 0 Å². The van der Waals surface area contributed by atoms with E-state index in [9.17, 15) is 9.59 Å². The van der Waals surface area contributed by atoms with Crippen molar-refractivity contribution in [1.82, 2.24) is 10.4 Å². The highest BCUT2D eigenvalue weighted by Gasteiger charge is 2.45. The first-order chi connectivity index (χ1) is 13.4. The Balaban J connectivity index is 1.60. The van der Waals surface area contributed by atoms with Gasteiger partial charge in [0.05, 0.1) is 5.41 Å². The molecule has 2 unspecified atom stereocenters. The number of hydroxylamine groups is 1. The minimum Gasteiger partial charge on any atom is -0.489 e. The lowest BCUT2D eigenvalue weighted by atomic mass is 9.82. The van der Waals surface area contributed by atoms with Crippen molar-refractivity contribution in [2.75, 3.05) is 6.54 Å². The second-order valence-electron chi connectivity index (χ2n) is 7.56. The second kappa shape index (κ2) is 8.44. The summed E-state index contributed by atoms with van der Waals surface area (Å²) in [6.45, 7) is 4.56. The predicted octanol–water partition coefficient (Wildman–Crippen LogP) is 2.94. The summed E-state index contributed by atoms with van der Waals surface area (Å²) in [5, 5.41) is 8.81. The zero-order chi connectivity index (χ0) is 20.1. The molecule has 1 fully saturated rings. The Kier molecular flexibility index (Phi) is 5.99. The molecule has 1 heterocycles. The van der Waals surface area contributed by atoms with E-state index >= 15 is 0 Å². The number of amides is 2. The molecule has 6 heteroatoms. The molecule has 3 rings (SSSR count). The van der Waals surface area contributed by atoms with E-state index in [0.29, 0.717) is 26.0 Å². The van der Waals surface area contributed by atoms with Gasteiger partial charge in [-0.25, -0.2) is 5.48 Å². The van der Waals surface area contributed by atoms with Crippen LogP contribution in [0, 0.1) is 5.41 Å². The molecule has 0 aromatic heterocycles. The van der Waals surface area contributed by atoms with Crippen molar-refractivity contribution in [1.29, 1.82) is 0 Å². The smallest absolute Gasteiger partial charge is 0.265 e. The fourth-order valence-corrected chi connectivity index (χ4v) is 3.59. The zero-order valence-electron chi connectivity index (χ0n) is 16.2. The molecule has 2 aromatic carbocycles. The summed E-state index contributed by atoms with van der Waals surface area (Å²) in [5.74, 6) is 0.149. The van der Waals surface area contributed by atoms with Crippen LogP contribution in [-0.2, 0) is 22.6 Å². The van der Waals surface area contributed by atoms with E-state index in [2.05, 4.69) is 0 Å². The first-order valence-corrected chi connectivity index (χ1v) is 9.43. The van der Waals surface area contributed by atoms with Gasteiger partial charge in [0.25, 0.3) is 5.91 Å². The van der Waals surface area contributed by atoms with E-state index in [0.717, 1.165) is 16.9 Å². The Morgan fingerprint density at radius 3 is 2.50 bits per heavy atom. The largest absolute Gasteiger partial charge is 0.489 e. The number of nitrogens with one attached hydrogen (secondary N) is 1. The van der Waals surface area contributed by atoms with Crippen LogP contribution in [0.1, 0.15) is 31.4 Å². The molecule has 0 bridgehead atoms. The monoisotopic (exact) mass is 382 g/mol. The van der Waals surface area contributed by atoms with E-state index in [1.807, 2.05) is 61.5 Å². The van der Waals surface area contributed by atoms with Gasteiger partial charge in [-0.05, 0) is 43.0 Å². The molecule has 0 saturated carbocycles. The number of nitrogens with zero attached hydrogens (tertiary/aromatic N) is 1. The highest BCUT2D eigenvalue weighted by molar-refractivity contribution is 5.90.